The van der Waals surface area contributed by atoms with Crippen molar-refractivity contribution in [3.05, 3.63) is 11.6 Å². The Kier molecular flexibility index (Phi) is 0.331. The van der Waals surface area contributed by atoms with Gasteiger partial charge in [-0.05, 0) is 25.2 Å². The van der Waals surface area contributed by atoms with Gasteiger partial charge in [0.15, 0.2) is 0 Å². The minimum atomic E-state index is 1.07. The zero-order chi connectivity index (χ0) is 3.98. The molecule has 0 aromatic carbocycles. The van der Waals surface area contributed by atoms with E-state index < -0.39 is 0 Å². The maximum atomic E-state index is 2.39. The smallest absolute Gasteiger partial charge is 0.0163 e. The van der Waals surface area contributed by atoms with Crippen LogP contribution < -0.4 is 0 Å². The van der Waals surface area contributed by atoms with Gasteiger partial charge in [-0.25, -0.2) is 0 Å². The van der Waals surface area contributed by atoms with Gasteiger partial charge in [-0.15, -0.1) is 0 Å². The zero-order valence-corrected chi connectivity index (χ0v) is 3.78. The van der Waals surface area contributed by atoms with E-state index in [-0.39, 0.29) is 0 Å². The molecule has 1 fully saturated rings. The molecular formula is C6H8. The molecule has 0 heterocycles. The van der Waals surface area contributed by atoms with Crippen molar-refractivity contribution in [2.24, 2.45) is 5.92 Å². The van der Waals surface area contributed by atoms with Crippen molar-refractivity contribution in [2.45, 2.75) is 19.3 Å². The van der Waals surface area contributed by atoms with Gasteiger partial charge in [-0.3, -0.25) is 0 Å². The Bertz CT molecular complexity index is 101. The van der Waals surface area contributed by atoms with Crippen molar-refractivity contribution in [1.82, 2.24) is 0 Å². The van der Waals surface area contributed by atoms with Crippen LogP contribution in [0, 0.1) is 5.92 Å². The van der Waals surface area contributed by atoms with Crippen LogP contribution in [0.15, 0.2) is 11.6 Å². The van der Waals surface area contributed by atoms with Gasteiger partial charge >= 0.3 is 0 Å². The summed E-state index contributed by atoms with van der Waals surface area (Å²) >= 11 is 0. The van der Waals surface area contributed by atoms with Crippen LogP contribution in [-0.4, -0.2) is 0 Å². The number of rotatable bonds is 0. The summed E-state index contributed by atoms with van der Waals surface area (Å²) in [5.41, 5.74) is 1.75. The van der Waals surface area contributed by atoms with Crippen LogP contribution in [0.5, 0.6) is 0 Å². The third-order valence-corrected chi connectivity index (χ3v) is 1.77. The van der Waals surface area contributed by atoms with E-state index in [0.717, 1.165) is 5.92 Å². The lowest BCUT2D eigenvalue weighted by Gasteiger charge is -1.77. The van der Waals surface area contributed by atoms with Gasteiger partial charge in [-0.2, -0.15) is 0 Å². The predicted octanol–water partition coefficient (Wildman–Crippen LogP) is 1.73. The molecule has 0 bridgehead atoms. The summed E-state index contributed by atoms with van der Waals surface area (Å²) < 4.78 is 0. The third kappa shape index (κ3) is 0.204. The van der Waals surface area contributed by atoms with E-state index in [0.29, 0.717) is 0 Å². The molecule has 0 spiro atoms. The van der Waals surface area contributed by atoms with Crippen molar-refractivity contribution in [1.29, 1.82) is 0 Å². The van der Waals surface area contributed by atoms with Gasteiger partial charge in [0.1, 0.15) is 0 Å². The monoisotopic (exact) mass is 80.1 g/mol. The molecule has 2 rings (SSSR count). The standard InChI is InChI=1S/C6H8/c1-2-5-4-6(5)3-1/h2,6H,1,3-4H2/t6-/m1/s1. The first-order chi connectivity index (χ1) is 2.97. The highest BCUT2D eigenvalue weighted by Gasteiger charge is 2.31. The van der Waals surface area contributed by atoms with E-state index in [1.165, 1.54) is 19.3 Å². The summed E-state index contributed by atoms with van der Waals surface area (Å²) in [4.78, 5) is 0. The molecule has 1 atom stereocenters. The highest BCUT2D eigenvalue weighted by atomic mass is 14.4. The molecule has 6 heavy (non-hydrogen) atoms. The van der Waals surface area contributed by atoms with E-state index >= 15 is 0 Å². The van der Waals surface area contributed by atoms with Gasteiger partial charge in [0.25, 0.3) is 0 Å². The first-order valence-electron chi connectivity index (χ1n) is 2.66. The lowest BCUT2D eigenvalue weighted by atomic mass is 10.3. The van der Waals surface area contributed by atoms with Crippen molar-refractivity contribution in [3.8, 4) is 0 Å². The Labute approximate surface area is 37.9 Å². The molecule has 0 aliphatic heterocycles. The van der Waals surface area contributed by atoms with E-state index in [2.05, 4.69) is 6.08 Å². The molecule has 2 aliphatic carbocycles. The second-order valence-corrected chi connectivity index (χ2v) is 2.26. The van der Waals surface area contributed by atoms with Crippen molar-refractivity contribution in [2.75, 3.05) is 0 Å². The summed E-state index contributed by atoms with van der Waals surface area (Å²) in [6, 6.07) is 0. The Morgan fingerprint density at radius 3 is 2.83 bits per heavy atom. The highest BCUT2D eigenvalue weighted by molar-refractivity contribution is 5.27. The Hall–Kier alpha value is -0.260. The molecule has 0 nitrogen and oxygen atoms in total. The molecule has 0 aromatic heterocycles. The predicted molar refractivity (Wildman–Crippen MR) is 25.4 cm³/mol. The number of hydrogen-bond donors (Lipinski definition) is 0. The molecule has 0 unspecified atom stereocenters. The van der Waals surface area contributed by atoms with Gasteiger partial charge in [-0.1, -0.05) is 11.6 Å². The molecule has 2 aliphatic rings. The Balaban J connectivity index is 2.35. The van der Waals surface area contributed by atoms with E-state index in [4.69, 9.17) is 0 Å². The van der Waals surface area contributed by atoms with Crippen LogP contribution in [0.25, 0.3) is 0 Å². The quantitative estimate of drug-likeness (QED) is 0.389. The summed E-state index contributed by atoms with van der Waals surface area (Å²) in [6.45, 7) is 0. The summed E-state index contributed by atoms with van der Waals surface area (Å²) in [5, 5.41) is 0. The van der Waals surface area contributed by atoms with Crippen LogP contribution in [-0.2, 0) is 0 Å². The van der Waals surface area contributed by atoms with Gasteiger partial charge in [0.2, 0.25) is 0 Å². The molecule has 0 aromatic rings. The minimum absolute atomic E-state index is 1.07. The number of allylic oxidation sites excluding steroid dienone is 2. The van der Waals surface area contributed by atoms with Crippen molar-refractivity contribution in [3.63, 3.8) is 0 Å². The molecule has 0 radical (unpaired) electrons. The van der Waals surface area contributed by atoms with E-state index in [1.54, 1.807) is 5.57 Å². The molecule has 0 saturated heterocycles. The van der Waals surface area contributed by atoms with Crippen LogP contribution in [0.4, 0.5) is 0 Å². The fourth-order valence-corrected chi connectivity index (χ4v) is 1.23. The summed E-state index contributed by atoms with van der Waals surface area (Å²) in [5.74, 6) is 1.07. The molecular weight excluding hydrogens is 72.1 g/mol. The third-order valence-electron chi connectivity index (χ3n) is 1.77. The Morgan fingerprint density at radius 1 is 1.67 bits per heavy atom. The van der Waals surface area contributed by atoms with Crippen LogP contribution in [0.2, 0.25) is 0 Å². The zero-order valence-electron chi connectivity index (χ0n) is 3.78. The fourth-order valence-electron chi connectivity index (χ4n) is 1.23. The highest BCUT2D eigenvalue weighted by Crippen LogP contribution is 2.46. The molecule has 32 valence electrons. The second-order valence-electron chi connectivity index (χ2n) is 2.26. The van der Waals surface area contributed by atoms with E-state index in [9.17, 15) is 0 Å². The van der Waals surface area contributed by atoms with Crippen molar-refractivity contribution >= 4 is 0 Å². The molecule has 1 saturated carbocycles. The normalized spacial score (nSPS) is 38.7. The fraction of sp³-hybridized carbons (Fsp3) is 0.667. The second kappa shape index (κ2) is 0.699. The largest absolute Gasteiger partial charge is 0.0850 e. The van der Waals surface area contributed by atoms with Crippen LogP contribution >= 0.6 is 0 Å². The molecule has 0 N–H and O–H groups in total. The Morgan fingerprint density at radius 2 is 2.67 bits per heavy atom. The number of fused-ring (bicyclic) bond motifs is 1. The topological polar surface area (TPSA) is 0 Å². The maximum absolute atomic E-state index is 2.39. The SMILES string of the molecule is C1=C2C[C@H]2CC1. The molecule has 0 amide bonds. The van der Waals surface area contributed by atoms with E-state index in [1.807, 2.05) is 0 Å². The van der Waals surface area contributed by atoms with Gasteiger partial charge in [0, 0.05) is 0 Å². The minimum Gasteiger partial charge on any atom is -0.0850 e. The first kappa shape index (κ1) is 2.84. The van der Waals surface area contributed by atoms with Gasteiger partial charge < -0.3 is 0 Å². The summed E-state index contributed by atoms with van der Waals surface area (Å²) in [7, 11) is 0. The van der Waals surface area contributed by atoms with Crippen LogP contribution in [0.1, 0.15) is 19.3 Å². The maximum Gasteiger partial charge on any atom is -0.0163 e. The lowest BCUT2D eigenvalue weighted by Crippen LogP contribution is -1.63. The van der Waals surface area contributed by atoms with Crippen molar-refractivity contribution < 1.29 is 0 Å². The average molecular weight is 80.1 g/mol. The molecule has 0 heteroatoms. The first-order valence-corrected chi connectivity index (χ1v) is 2.66. The lowest BCUT2D eigenvalue weighted by molar-refractivity contribution is 0.792. The van der Waals surface area contributed by atoms with Crippen LogP contribution in [0.3, 0.4) is 0 Å². The van der Waals surface area contributed by atoms with Gasteiger partial charge in [0.05, 0.1) is 0 Å². The summed E-state index contributed by atoms with van der Waals surface area (Å²) in [6.07, 6.45) is 6.68. The number of hydrogen-bond acceptors (Lipinski definition) is 0. The average Bonchev–Trinajstić information content (AvgIpc) is 2.17.